The highest BCUT2D eigenvalue weighted by Gasteiger charge is 2.27. The van der Waals surface area contributed by atoms with Gasteiger partial charge >= 0.3 is 0 Å². The molecule has 0 fully saturated rings. The summed E-state index contributed by atoms with van der Waals surface area (Å²) in [5.41, 5.74) is 3.00. The summed E-state index contributed by atoms with van der Waals surface area (Å²) in [6, 6.07) is 5.21. The van der Waals surface area contributed by atoms with Crippen molar-refractivity contribution in [3.8, 4) is 0 Å². The first kappa shape index (κ1) is 12.6. The largest absolute Gasteiger partial charge is 0.306 e. The van der Waals surface area contributed by atoms with Crippen molar-refractivity contribution < 1.29 is 0 Å². The van der Waals surface area contributed by atoms with Gasteiger partial charge in [-0.2, -0.15) is 0 Å². The quantitative estimate of drug-likeness (QED) is 0.844. The summed E-state index contributed by atoms with van der Waals surface area (Å²) in [4.78, 5) is 4.57. The van der Waals surface area contributed by atoms with Gasteiger partial charge in [-0.15, -0.1) is 0 Å². The molecule has 1 aromatic heterocycles. The maximum atomic E-state index is 4.57. The molecule has 1 heterocycles. The number of pyridine rings is 1. The van der Waals surface area contributed by atoms with Crippen LogP contribution in [0.3, 0.4) is 0 Å². The van der Waals surface area contributed by atoms with E-state index >= 15 is 0 Å². The normalized spacial score (nSPS) is 22.0. The van der Waals surface area contributed by atoms with Gasteiger partial charge in [-0.05, 0) is 43.2 Å². The van der Waals surface area contributed by atoms with Crippen molar-refractivity contribution in [2.24, 2.45) is 5.41 Å². The van der Waals surface area contributed by atoms with E-state index in [1.54, 1.807) is 0 Å². The fourth-order valence-electron chi connectivity index (χ4n) is 2.32. The van der Waals surface area contributed by atoms with Crippen molar-refractivity contribution >= 4 is 0 Å². The lowest BCUT2D eigenvalue weighted by Crippen LogP contribution is -2.41. The molecule has 0 bridgehead atoms. The maximum Gasteiger partial charge on any atom is 0.0605 e. The zero-order valence-electron chi connectivity index (χ0n) is 11.5. The van der Waals surface area contributed by atoms with Crippen molar-refractivity contribution in [3.63, 3.8) is 0 Å². The minimum atomic E-state index is 0.298. The van der Waals surface area contributed by atoms with Crippen LogP contribution in [-0.2, 0) is 6.42 Å². The van der Waals surface area contributed by atoms with E-state index < -0.39 is 0 Å². The van der Waals surface area contributed by atoms with E-state index in [4.69, 9.17) is 0 Å². The van der Waals surface area contributed by atoms with Crippen LogP contribution in [0.2, 0.25) is 0 Å². The smallest absolute Gasteiger partial charge is 0.0605 e. The molecule has 1 N–H and O–H groups in total. The standard InChI is InChI=1S/C15H24N2/c1-11(15(2,3)4)17-13-9-5-7-12-8-6-10-16-14(12)13/h6,8,10-11,13,17H,5,7,9H2,1-4H3. The zero-order chi connectivity index (χ0) is 12.5. The summed E-state index contributed by atoms with van der Waals surface area (Å²) < 4.78 is 0. The van der Waals surface area contributed by atoms with Crippen molar-refractivity contribution in [2.75, 3.05) is 0 Å². The number of aromatic nitrogens is 1. The summed E-state index contributed by atoms with van der Waals surface area (Å²) in [5.74, 6) is 0. The highest BCUT2D eigenvalue weighted by Crippen LogP contribution is 2.30. The summed E-state index contributed by atoms with van der Waals surface area (Å²) in [5, 5.41) is 3.75. The average molecular weight is 232 g/mol. The molecule has 0 amide bonds. The number of rotatable bonds is 2. The molecule has 0 saturated heterocycles. The molecule has 2 rings (SSSR count). The molecule has 0 saturated carbocycles. The molecular weight excluding hydrogens is 208 g/mol. The molecule has 1 aromatic rings. The highest BCUT2D eigenvalue weighted by molar-refractivity contribution is 5.25. The van der Waals surface area contributed by atoms with E-state index in [0.29, 0.717) is 17.5 Å². The predicted molar refractivity (Wildman–Crippen MR) is 72.0 cm³/mol. The number of nitrogens with zero attached hydrogens (tertiary/aromatic N) is 1. The molecule has 2 nitrogen and oxygen atoms in total. The lowest BCUT2D eigenvalue weighted by Gasteiger charge is -2.34. The minimum absolute atomic E-state index is 0.298. The van der Waals surface area contributed by atoms with Gasteiger partial charge in [0.25, 0.3) is 0 Å². The monoisotopic (exact) mass is 232 g/mol. The molecule has 0 spiro atoms. The van der Waals surface area contributed by atoms with E-state index in [1.807, 2.05) is 6.20 Å². The van der Waals surface area contributed by atoms with Gasteiger partial charge in [-0.3, -0.25) is 4.98 Å². The van der Waals surface area contributed by atoms with E-state index in [0.717, 1.165) is 0 Å². The van der Waals surface area contributed by atoms with Crippen LogP contribution >= 0.6 is 0 Å². The van der Waals surface area contributed by atoms with E-state index in [1.165, 1.54) is 30.5 Å². The van der Waals surface area contributed by atoms with Crippen LogP contribution in [-0.4, -0.2) is 11.0 Å². The van der Waals surface area contributed by atoms with Crippen LogP contribution in [0.4, 0.5) is 0 Å². The fourth-order valence-corrected chi connectivity index (χ4v) is 2.32. The molecule has 0 aliphatic heterocycles. The number of hydrogen-bond acceptors (Lipinski definition) is 2. The van der Waals surface area contributed by atoms with Gasteiger partial charge < -0.3 is 5.32 Å². The Morgan fingerprint density at radius 3 is 2.88 bits per heavy atom. The molecule has 1 aliphatic carbocycles. The third-order valence-electron chi connectivity index (χ3n) is 3.95. The molecule has 2 heteroatoms. The summed E-state index contributed by atoms with van der Waals surface area (Å²) >= 11 is 0. The van der Waals surface area contributed by atoms with E-state index in [-0.39, 0.29) is 0 Å². The summed E-state index contributed by atoms with van der Waals surface area (Å²) in [6.45, 7) is 9.13. The molecule has 0 aromatic carbocycles. The molecule has 1 aliphatic rings. The Hall–Kier alpha value is -0.890. The first-order valence-electron chi connectivity index (χ1n) is 6.68. The minimum Gasteiger partial charge on any atom is -0.306 e. The molecule has 2 unspecified atom stereocenters. The van der Waals surface area contributed by atoms with Gasteiger partial charge in [0.15, 0.2) is 0 Å². The van der Waals surface area contributed by atoms with Crippen molar-refractivity contribution in [3.05, 3.63) is 29.6 Å². The van der Waals surface area contributed by atoms with Gasteiger partial charge in [-0.1, -0.05) is 26.8 Å². The molecule has 17 heavy (non-hydrogen) atoms. The number of aryl methyl sites for hydroxylation is 1. The van der Waals surface area contributed by atoms with Crippen molar-refractivity contribution in [2.45, 2.75) is 59.0 Å². The van der Waals surface area contributed by atoms with Crippen LogP contribution in [0.1, 0.15) is 57.8 Å². The maximum absolute atomic E-state index is 4.57. The lowest BCUT2D eigenvalue weighted by atomic mass is 9.85. The Morgan fingerprint density at radius 1 is 1.41 bits per heavy atom. The number of nitrogens with one attached hydrogen (secondary N) is 1. The van der Waals surface area contributed by atoms with Gasteiger partial charge in [0, 0.05) is 18.3 Å². The van der Waals surface area contributed by atoms with E-state index in [9.17, 15) is 0 Å². The van der Waals surface area contributed by atoms with Gasteiger partial charge in [-0.25, -0.2) is 0 Å². The van der Waals surface area contributed by atoms with Gasteiger partial charge in [0.05, 0.1) is 5.69 Å². The molecule has 2 atom stereocenters. The first-order chi connectivity index (χ1) is 7.98. The highest BCUT2D eigenvalue weighted by atomic mass is 15.0. The Kier molecular flexibility index (Phi) is 3.53. The molecule has 94 valence electrons. The second-order valence-corrected chi connectivity index (χ2v) is 6.25. The second-order valence-electron chi connectivity index (χ2n) is 6.25. The fraction of sp³-hybridized carbons (Fsp3) is 0.667. The second kappa shape index (κ2) is 4.77. The molecule has 0 radical (unpaired) electrons. The van der Waals surface area contributed by atoms with Gasteiger partial charge in [0.1, 0.15) is 0 Å². The third-order valence-corrected chi connectivity index (χ3v) is 3.95. The van der Waals surface area contributed by atoms with Gasteiger partial charge in [0.2, 0.25) is 0 Å². The van der Waals surface area contributed by atoms with Crippen LogP contribution in [0.5, 0.6) is 0 Å². The van der Waals surface area contributed by atoms with Crippen LogP contribution < -0.4 is 5.32 Å². The van der Waals surface area contributed by atoms with Crippen LogP contribution in [0.15, 0.2) is 18.3 Å². The summed E-state index contributed by atoms with van der Waals surface area (Å²) in [6.07, 6.45) is 5.59. The SMILES string of the molecule is CC(NC1CCCc2cccnc21)C(C)(C)C. The average Bonchev–Trinajstić information content (AvgIpc) is 2.28. The Balaban J connectivity index is 2.14. The number of hydrogen-bond donors (Lipinski definition) is 1. The first-order valence-corrected chi connectivity index (χ1v) is 6.68. The topological polar surface area (TPSA) is 24.9 Å². The lowest BCUT2D eigenvalue weighted by molar-refractivity contribution is 0.251. The molecular formula is C15H24N2. The van der Waals surface area contributed by atoms with Crippen molar-refractivity contribution in [1.82, 2.24) is 10.3 Å². The predicted octanol–water partition coefficient (Wildman–Crippen LogP) is 3.48. The Labute approximate surface area is 105 Å². The van der Waals surface area contributed by atoms with Crippen molar-refractivity contribution in [1.29, 1.82) is 0 Å². The van der Waals surface area contributed by atoms with Crippen LogP contribution in [0.25, 0.3) is 0 Å². The Morgan fingerprint density at radius 2 is 2.18 bits per heavy atom. The Bertz CT molecular complexity index is 379. The number of fused-ring (bicyclic) bond motifs is 1. The summed E-state index contributed by atoms with van der Waals surface area (Å²) in [7, 11) is 0. The third kappa shape index (κ3) is 2.86. The zero-order valence-corrected chi connectivity index (χ0v) is 11.5. The van der Waals surface area contributed by atoms with E-state index in [2.05, 4.69) is 50.1 Å². The van der Waals surface area contributed by atoms with Crippen LogP contribution in [0, 0.1) is 5.41 Å².